The van der Waals surface area contributed by atoms with E-state index in [-0.39, 0.29) is 32.1 Å². The Kier molecular flexibility index (Phi) is 15.1. The summed E-state index contributed by atoms with van der Waals surface area (Å²) in [6, 6.07) is 15.3. The molecule has 3 atom stereocenters. The van der Waals surface area contributed by atoms with Crippen LogP contribution in [0, 0.1) is 19.0 Å². The number of halogens is 4. The number of hydrogen-bond donors (Lipinski definition) is 0. The van der Waals surface area contributed by atoms with Gasteiger partial charge in [-0.3, -0.25) is 0 Å². The van der Waals surface area contributed by atoms with Crippen molar-refractivity contribution in [3.8, 4) is 0 Å². The number of nitrogens with zero attached hydrogens (tertiary/aromatic N) is 2. The van der Waals surface area contributed by atoms with Gasteiger partial charge in [-0.05, 0) is 0 Å². The maximum atomic E-state index is 16.3. The normalized spacial score (nSPS) is 15.8. The van der Waals surface area contributed by atoms with Crippen LogP contribution in [-0.4, -0.2) is 33.3 Å². The Morgan fingerprint density at radius 2 is 1.22 bits per heavy atom. The molecule has 0 aliphatic heterocycles. The van der Waals surface area contributed by atoms with Crippen LogP contribution in [0.2, 0.25) is 0 Å². The molecule has 2 aromatic rings. The van der Waals surface area contributed by atoms with Gasteiger partial charge in [0.25, 0.3) is 0 Å². The number of benzene rings is 2. The molecule has 0 aliphatic carbocycles. The van der Waals surface area contributed by atoms with E-state index in [0.717, 1.165) is 42.8 Å². The van der Waals surface area contributed by atoms with Crippen molar-refractivity contribution in [2.75, 3.05) is 13.1 Å². The SMILES string of the molecule is CCCCC(CC)CN(CC(CC)CCCC)S(=O)(=O)N=S(=O)(OF)C(F)(F)I(c1ccccc1)c1ccccc1. The van der Waals surface area contributed by atoms with Gasteiger partial charge in [-0.15, -0.1) is 0 Å². The van der Waals surface area contributed by atoms with Crippen molar-refractivity contribution < 1.29 is 30.3 Å². The van der Waals surface area contributed by atoms with Crippen LogP contribution in [0.25, 0.3) is 0 Å². The van der Waals surface area contributed by atoms with Crippen molar-refractivity contribution in [1.82, 2.24) is 4.31 Å². The summed E-state index contributed by atoms with van der Waals surface area (Å²) in [5.41, 5.74) is 0. The molecule has 0 saturated heterocycles. The number of hydrogen-bond acceptors (Lipinski definition) is 4. The molecule has 6 nitrogen and oxygen atoms in total. The van der Waals surface area contributed by atoms with E-state index in [9.17, 15) is 17.2 Å². The molecule has 234 valence electrons. The second-order valence-electron chi connectivity index (χ2n) is 10.1. The molecule has 12 heteroatoms. The van der Waals surface area contributed by atoms with Crippen LogP contribution < -0.4 is 0 Å². The summed E-state index contributed by atoms with van der Waals surface area (Å²) in [5, 5.41) is 0. The molecule has 0 N–H and O–H groups in total. The molecule has 0 aromatic heterocycles. The van der Waals surface area contributed by atoms with Gasteiger partial charge < -0.3 is 0 Å². The minimum atomic E-state index is -5.66. The van der Waals surface area contributed by atoms with E-state index in [2.05, 4.69) is 8.16 Å². The average molecular weight is 733 g/mol. The molecule has 0 spiro atoms. The van der Waals surface area contributed by atoms with Crippen molar-refractivity contribution in [2.45, 2.75) is 82.3 Å². The van der Waals surface area contributed by atoms with Crippen LogP contribution in [-0.2, 0) is 24.6 Å². The van der Waals surface area contributed by atoms with Crippen molar-refractivity contribution in [1.29, 1.82) is 0 Å². The van der Waals surface area contributed by atoms with Gasteiger partial charge in [-0.1, -0.05) is 0 Å². The minimum absolute atomic E-state index is 0.0258. The van der Waals surface area contributed by atoms with E-state index < -0.39 is 43.3 Å². The van der Waals surface area contributed by atoms with Crippen LogP contribution in [0.3, 0.4) is 0 Å². The topological polar surface area (TPSA) is 76.0 Å². The average Bonchev–Trinajstić information content (AvgIpc) is 2.97. The van der Waals surface area contributed by atoms with E-state index in [1.54, 1.807) is 36.4 Å². The van der Waals surface area contributed by atoms with Gasteiger partial charge in [-0.25, -0.2) is 0 Å². The van der Waals surface area contributed by atoms with Gasteiger partial charge >= 0.3 is 253 Å². The number of rotatable bonds is 19. The van der Waals surface area contributed by atoms with Crippen molar-refractivity contribution >= 4 is 40.0 Å². The Bertz CT molecular complexity index is 1200. The third-order valence-electron chi connectivity index (χ3n) is 7.03. The summed E-state index contributed by atoms with van der Waals surface area (Å²) >= 11 is -4.12. The Morgan fingerprint density at radius 3 is 1.56 bits per heavy atom. The molecule has 3 unspecified atom stereocenters. The first-order valence-corrected chi connectivity index (χ1v) is 20.3. The van der Waals surface area contributed by atoms with E-state index in [0.29, 0.717) is 12.8 Å². The van der Waals surface area contributed by atoms with Crippen LogP contribution in [0.1, 0.15) is 79.1 Å². The van der Waals surface area contributed by atoms with Crippen molar-refractivity contribution in [3.63, 3.8) is 0 Å². The standard InChI is InChI=1S/C29H44F3IN2O4S2/c1-5-9-17-25(7-3)23-35(24-26(8-4)18-10-6-2)41(37,38)34-40(36,39-32)29(30,31)33(27-19-13-11-14-20-27)28-21-15-12-16-22-28/h11-16,19-22,25-26H,5-10,17-18,23-24H2,1-4H3. The third-order valence-corrected chi connectivity index (χ3v) is 18.2. The molecule has 0 saturated carbocycles. The molecule has 0 bridgehead atoms. The summed E-state index contributed by atoms with van der Waals surface area (Å²) in [6.07, 6.45) is 6.41. The Balaban J connectivity index is 2.66. The van der Waals surface area contributed by atoms with Gasteiger partial charge in [0.05, 0.1) is 0 Å². The van der Waals surface area contributed by atoms with E-state index >= 15 is 8.78 Å². The Hall–Kier alpha value is -1.22. The zero-order valence-corrected chi connectivity index (χ0v) is 28.1. The fraction of sp³-hybridized carbons (Fsp3) is 0.586. The van der Waals surface area contributed by atoms with E-state index in [1.807, 2.05) is 27.7 Å². The summed E-state index contributed by atoms with van der Waals surface area (Å²) in [5.74, 6) is -0.105. The van der Waals surface area contributed by atoms with Crippen LogP contribution >= 0.6 is 19.8 Å². The van der Waals surface area contributed by atoms with E-state index in [4.69, 9.17) is 0 Å². The number of unbranched alkanes of at least 4 members (excludes halogenated alkanes) is 2. The van der Waals surface area contributed by atoms with Gasteiger partial charge in [0.15, 0.2) is 0 Å². The van der Waals surface area contributed by atoms with Crippen molar-refractivity contribution in [2.24, 2.45) is 15.6 Å². The summed E-state index contributed by atoms with van der Waals surface area (Å²) in [6.45, 7) is 8.00. The predicted molar refractivity (Wildman–Crippen MR) is 169 cm³/mol. The molecule has 0 radical (unpaired) electrons. The first-order chi connectivity index (χ1) is 19.5. The predicted octanol–water partition coefficient (Wildman–Crippen LogP) is 9.05. The summed E-state index contributed by atoms with van der Waals surface area (Å²) in [7, 11) is -10.6. The van der Waals surface area contributed by atoms with Gasteiger partial charge in [0.2, 0.25) is 0 Å². The Labute approximate surface area is 252 Å². The third kappa shape index (κ3) is 9.90. The van der Waals surface area contributed by atoms with Gasteiger partial charge in [-0.2, -0.15) is 0 Å². The first kappa shape index (κ1) is 36.0. The van der Waals surface area contributed by atoms with Crippen molar-refractivity contribution in [3.05, 3.63) is 67.8 Å². The fourth-order valence-electron chi connectivity index (χ4n) is 4.49. The molecule has 2 aromatic carbocycles. The molecule has 0 amide bonds. The molecule has 0 heterocycles. The van der Waals surface area contributed by atoms with Gasteiger partial charge in [0, 0.05) is 0 Å². The second-order valence-corrected chi connectivity index (χ2v) is 19.9. The zero-order chi connectivity index (χ0) is 30.5. The monoisotopic (exact) mass is 732 g/mol. The van der Waals surface area contributed by atoms with E-state index in [1.165, 1.54) is 24.3 Å². The molecule has 0 aliphatic rings. The summed E-state index contributed by atoms with van der Waals surface area (Å²) < 4.78 is 91.5. The molecule has 2 rings (SSSR count). The maximum absolute atomic E-state index is 16.3. The zero-order valence-electron chi connectivity index (χ0n) is 24.4. The first-order valence-electron chi connectivity index (χ1n) is 14.2. The number of alkyl halides is 3. The molecule has 0 fully saturated rings. The van der Waals surface area contributed by atoms with Gasteiger partial charge in [0.1, 0.15) is 0 Å². The van der Waals surface area contributed by atoms with Crippen LogP contribution in [0.5, 0.6) is 0 Å². The Morgan fingerprint density at radius 1 is 0.805 bits per heavy atom. The van der Waals surface area contributed by atoms with Crippen LogP contribution in [0.15, 0.2) is 64.4 Å². The molecule has 41 heavy (non-hydrogen) atoms. The quantitative estimate of drug-likeness (QED) is 0.107. The second kappa shape index (κ2) is 17.2. The summed E-state index contributed by atoms with van der Waals surface area (Å²) in [4.78, 5) is 0. The molecular weight excluding hydrogens is 688 g/mol. The van der Waals surface area contributed by atoms with Crippen LogP contribution in [0.4, 0.5) is 13.3 Å². The fourth-order valence-corrected chi connectivity index (χ4v) is 15.6. The molecular formula is C29H44F3IN2O4S2.